The molecule has 0 spiro atoms. The van der Waals surface area contributed by atoms with Gasteiger partial charge in [0.2, 0.25) is 0 Å². The maximum absolute atomic E-state index is 12.0. The summed E-state index contributed by atoms with van der Waals surface area (Å²) in [5.74, 6) is -0.198. The van der Waals surface area contributed by atoms with E-state index in [1.807, 2.05) is 0 Å². The third-order valence-corrected chi connectivity index (χ3v) is 3.45. The molecule has 0 aromatic heterocycles. The Labute approximate surface area is 120 Å². The number of hydrogen-bond acceptors (Lipinski definition) is 2. The van der Waals surface area contributed by atoms with Crippen LogP contribution in [0.5, 0.6) is 5.75 Å². The van der Waals surface area contributed by atoms with Crippen molar-refractivity contribution < 1.29 is 9.90 Å². The summed E-state index contributed by atoms with van der Waals surface area (Å²) in [5.41, 5.74) is 0.943. The number of benzene rings is 2. The molecule has 2 rings (SSSR count). The fraction of sp³-hybridized carbons (Fsp3) is 0.0714. The van der Waals surface area contributed by atoms with Gasteiger partial charge in [0, 0.05) is 12.1 Å². The summed E-state index contributed by atoms with van der Waals surface area (Å²) in [5, 5.41) is 12.8. The Morgan fingerprint density at radius 1 is 1.11 bits per heavy atom. The lowest BCUT2D eigenvalue weighted by molar-refractivity contribution is 0.0951. The fourth-order valence-electron chi connectivity index (χ4n) is 1.61. The molecular weight excluding hydrogens is 285 g/mol. The zero-order valence-corrected chi connectivity index (χ0v) is 11.4. The molecule has 0 radical (unpaired) electrons. The standard InChI is InChI=1S/C14H11Cl2NO2/c15-11-6-3-5-10(13(11)16)14(19)17-8-9-4-1-2-7-12(9)18/h1-7,18H,8H2,(H,17,19). The highest BCUT2D eigenvalue weighted by molar-refractivity contribution is 6.43. The van der Waals surface area contributed by atoms with Crippen molar-refractivity contribution >= 4 is 29.1 Å². The molecule has 0 aliphatic rings. The van der Waals surface area contributed by atoms with Gasteiger partial charge < -0.3 is 10.4 Å². The van der Waals surface area contributed by atoms with Crippen LogP contribution in [-0.4, -0.2) is 11.0 Å². The highest BCUT2D eigenvalue weighted by Crippen LogP contribution is 2.25. The number of phenolic OH excluding ortho intramolecular Hbond substituents is 1. The van der Waals surface area contributed by atoms with Crippen LogP contribution in [0.3, 0.4) is 0 Å². The van der Waals surface area contributed by atoms with Crippen molar-refractivity contribution in [2.24, 2.45) is 0 Å². The molecule has 98 valence electrons. The zero-order valence-electron chi connectivity index (χ0n) is 9.86. The van der Waals surface area contributed by atoms with Gasteiger partial charge in [-0.25, -0.2) is 0 Å². The van der Waals surface area contributed by atoms with Gasteiger partial charge >= 0.3 is 0 Å². The van der Waals surface area contributed by atoms with Crippen LogP contribution >= 0.6 is 23.2 Å². The Kier molecular flexibility index (Phi) is 4.30. The molecule has 2 N–H and O–H groups in total. The molecule has 0 aliphatic carbocycles. The molecule has 0 unspecified atom stereocenters. The van der Waals surface area contributed by atoms with Gasteiger partial charge in [-0.05, 0) is 18.2 Å². The molecule has 0 aliphatic heterocycles. The molecule has 1 amide bonds. The smallest absolute Gasteiger partial charge is 0.253 e. The second kappa shape index (κ2) is 5.95. The molecule has 0 heterocycles. The van der Waals surface area contributed by atoms with E-state index >= 15 is 0 Å². The topological polar surface area (TPSA) is 49.3 Å². The normalized spacial score (nSPS) is 10.2. The number of carbonyl (C=O) groups excluding carboxylic acids is 1. The van der Waals surface area contributed by atoms with E-state index in [0.717, 1.165) is 0 Å². The number of phenols is 1. The van der Waals surface area contributed by atoms with Crippen molar-refractivity contribution in [1.29, 1.82) is 0 Å². The van der Waals surface area contributed by atoms with E-state index in [9.17, 15) is 9.90 Å². The number of halogens is 2. The van der Waals surface area contributed by atoms with Gasteiger partial charge in [0.15, 0.2) is 0 Å². The molecule has 0 saturated carbocycles. The highest BCUT2D eigenvalue weighted by Gasteiger charge is 2.12. The largest absolute Gasteiger partial charge is 0.508 e. The van der Waals surface area contributed by atoms with Gasteiger partial charge in [-0.1, -0.05) is 47.5 Å². The molecule has 19 heavy (non-hydrogen) atoms. The number of hydrogen-bond donors (Lipinski definition) is 2. The number of para-hydroxylation sites is 1. The van der Waals surface area contributed by atoms with E-state index in [1.54, 1.807) is 42.5 Å². The third-order valence-electron chi connectivity index (χ3n) is 2.63. The van der Waals surface area contributed by atoms with E-state index in [-0.39, 0.29) is 23.2 Å². The molecular formula is C14H11Cl2NO2. The van der Waals surface area contributed by atoms with Crippen LogP contribution in [0.25, 0.3) is 0 Å². The van der Waals surface area contributed by atoms with Crippen molar-refractivity contribution in [3.05, 3.63) is 63.6 Å². The molecule has 0 saturated heterocycles. The van der Waals surface area contributed by atoms with Crippen LogP contribution in [0.2, 0.25) is 10.0 Å². The minimum atomic E-state index is -0.337. The SMILES string of the molecule is O=C(NCc1ccccc1O)c1cccc(Cl)c1Cl. The Bertz CT molecular complexity index is 614. The minimum absolute atomic E-state index is 0.139. The average molecular weight is 296 g/mol. The van der Waals surface area contributed by atoms with E-state index in [2.05, 4.69) is 5.32 Å². The predicted molar refractivity (Wildman–Crippen MR) is 75.7 cm³/mol. The van der Waals surface area contributed by atoms with Crippen LogP contribution in [-0.2, 0) is 6.54 Å². The van der Waals surface area contributed by atoms with Gasteiger partial charge in [-0.15, -0.1) is 0 Å². The Hall–Kier alpha value is -1.71. The zero-order chi connectivity index (χ0) is 13.8. The van der Waals surface area contributed by atoms with Crippen LogP contribution in [0, 0.1) is 0 Å². The maximum Gasteiger partial charge on any atom is 0.253 e. The van der Waals surface area contributed by atoms with Crippen LogP contribution in [0.4, 0.5) is 0 Å². The quantitative estimate of drug-likeness (QED) is 0.908. The maximum atomic E-state index is 12.0. The summed E-state index contributed by atoms with van der Waals surface area (Å²) in [7, 11) is 0. The van der Waals surface area contributed by atoms with Crippen molar-refractivity contribution in [1.82, 2.24) is 5.32 Å². The van der Waals surface area contributed by atoms with E-state index in [1.165, 1.54) is 0 Å². The number of carbonyl (C=O) groups is 1. The van der Waals surface area contributed by atoms with Crippen LogP contribution in [0.1, 0.15) is 15.9 Å². The first-order chi connectivity index (χ1) is 9.09. The Balaban J connectivity index is 2.10. The summed E-state index contributed by atoms with van der Waals surface area (Å²) in [6, 6.07) is 11.7. The molecule has 2 aromatic carbocycles. The second-order valence-electron chi connectivity index (χ2n) is 3.91. The summed E-state index contributed by atoms with van der Waals surface area (Å²) in [4.78, 5) is 12.0. The monoisotopic (exact) mass is 295 g/mol. The number of amides is 1. The molecule has 0 bridgehead atoms. The summed E-state index contributed by atoms with van der Waals surface area (Å²) < 4.78 is 0. The molecule has 0 fully saturated rings. The van der Waals surface area contributed by atoms with Crippen molar-refractivity contribution in [2.45, 2.75) is 6.54 Å². The molecule has 0 atom stereocenters. The van der Waals surface area contributed by atoms with Gasteiger partial charge in [-0.2, -0.15) is 0 Å². The molecule has 5 heteroatoms. The summed E-state index contributed by atoms with van der Waals surface area (Å²) in [6.45, 7) is 0.217. The summed E-state index contributed by atoms with van der Waals surface area (Å²) >= 11 is 11.8. The molecule has 3 nitrogen and oxygen atoms in total. The lowest BCUT2D eigenvalue weighted by Gasteiger charge is -2.08. The molecule has 2 aromatic rings. The second-order valence-corrected chi connectivity index (χ2v) is 4.70. The highest BCUT2D eigenvalue weighted by atomic mass is 35.5. The predicted octanol–water partition coefficient (Wildman–Crippen LogP) is 3.63. The fourth-order valence-corrected chi connectivity index (χ4v) is 2.00. The first-order valence-electron chi connectivity index (χ1n) is 5.58. The summed E-state index contributed by atoms with van der Waals surface area (Å²) in [6.07, 6.45) is 0. The van der Waals surface area contributed by atoms with Crippen molar-refractivity contribution in [3.63, 3.8) is 0 Å². The Morgan fingerprint density at radius 3 is 2.58 bits per heavy atom. The van der Waals surface area contributed by atoms with E-state index < -0.39 is 0 Å². The lowest BCUT2D eigenvalue weighted by Crippen LogP contribution is -2.23. The number of rotatable bonds is 3. The van der Waals surface area contributed by atoms with Crippen LogP contribution < -0.4 is 5.32 Å². The van der Waals surface area contributed by atoms with Gasteiger partial charge in [0.25, 0.3) is 5.91 Å². The first-order valence-corrected chi connectivity index (χ1v) is 6.34. The Morgan fingerprint density at radius 2 is 1.84 bits per heavy atom. The third kappa shape index (κ3) is 3.19. The number of nitrogens with one attached hydrogen (secondary N) is 1. The number of aromatic hydroxyl groups is 1. The van der Waals surface area contributed by atoms with Crippen LogP contribution in [0.15, 0.2) is 42.5 Å². The minimum Gasteiger partial charge on any atom is -0.508 e. The first kappa shape index (κ1) is 13.7. The van der Waals surface area contributed by atoms with Gasteiger partial charge in [0.1, 0.15) is 5.75 Å². The van der Waals surface area contributed by atoms with E-state index in [4.69, 9.17) is 23.2 Å². The lowest BCUT2D eigenvalue weighted by atomic mass is 10.1. The van der Waals surface area contributed by atoms with Crippen molar-refractivity contribution in [3.8, 4) is 5.75 Å². The van der Waals surface area contributed by atoms with Gasteiger partial charge in [-0.3, -0.25) is 4.79 Å². The van der Waals surface area contributed by atoms with Crippen molar-refractivity contribution in [2.75, 3.05) is 0 Å². The van der Waals surface area contributed by atoms with E-state index in [0.29, 0.717) is 16.1 Å². The average Bonchev–Trinajstić information content (AvgIpc) is 2.40. The van der Waals surface area contributed by atoms with Gasteiger partial charge in [0.05, 0.1) is 15.6 Å².